The Bertz CT molecular complexity index is 1150. The standard InChI is InChI=1S/C25H31ClN2O3S/c1-3-5-15-27(16-6-4-2)25(29)18-28-17-24(22-9-7-8-10-23(22)28)32(30,31)19-20-11-13-21(26)14-12-20/h7-14,17H,3-6,15-16,18-19H2,1-2H3. The SMILES string of the molecule is CCCCN(CCCC)C(=O)Cn1cc(S(=O)(=O)Cc2ccc(Cl)cc2)c2ccccc21. The second kappa shape index (κ2) is 11.0. The number of carbonyl (C=O) groups excluding carboxylic acids is 1. The lowest BCUT2D eigenvalue weighted by atomic mass is 10.2. The topological polar surface area (TPSA) is 59.4 Å². The number of sulfone groups is 1. The molecule has 32 heavy (non-hydrogen) atoms. The third kappa shape index (κ3) is 5.93. The van der Waals surface area contributed by atoms with Crippen LogP contribution < -0.4 is 0 Å². The minimum Gasteiger partial charge on any atom is -0.341 e. The predicted octanol–water partition coefficient (Wildman–Crippen LogP) is 5.70. The third-order valence-corrected chi connectivity index (χ3v) is 7.54. The summed E-state index contributed by atoms with van der Waals surface area (Å²) >= 11 is 5.93. The number of rotatable bonds is 11. The summed E-state index contributed by atoms with van der Waals surface area (Å²) in [5, 5.41) is 1.21. The van der Waals surface area contributed by atoms with Crippen LogP contribution in [0.5, 0.6) is 0 Å². The summed E-state index contributed by atoms with van der Waals surface area (Å²) in [6.45, 7) is 5.82. The van der Waals surface area contributed by atoms with Gasteiger partial charge in [0.25, 0.3) is 0 Å². The molecule has 0 fully saturated rings. The van der Waals surface area contributed by atoms with Crippen molar-refractivity contribution in [3.63, 3.8) is 0 Å². The average molecular weight is 475 g/mol. The maximum Gasteiger partial charge on any atom is 0.242 e. The molecule has 1 amide bonds. The van der Waals surface area contributed by atoms with Crippen LogP contribution in [0.4, 0.5) is 0 Å². The van der Waals surface area contributed by atoms with Crippen molar-refractivity contribution in [2.24, 2.45) is 0 Å². The molecule has 5 nitrogen and oxygen atoms in total. The van der Waals surface area contributed by atoms with Crippen LogP contribution in [0.2, 0.25) is 5.02 Å². The van der Waals surface area contributed by atoms with Gasteiger partial charge in [0.1, 0.15) is 6.54 Å². The summed E-state index contributed by atoms with van der Waals surface area (Å²) in [7, 11) is -3.61. The molecular formula is C25H31ClN2O3S. The number of carbonyl (C=O) groups is 1. The maximum absolute atomic E-state index is 13.3. The predicted molar refractivity (Wildman–Crippen MR) is 131 cm³/mol. The van der Waals surface area contributed by atoms with Crippen molar-refractivity contribution < 1.29 is 13.2 Å². The van der Waals surface area contributed by atoms with Gasteiger partial charge in [-0.15, -0.1) is 0 Å². The molecule has 0 unspecified atom stereocenters. The van der Waals surface area contributed by atoms with Gasteiger partial charge in [-0.05, 0) is 36.6 Å². The van der Waals surface area contributed by atoms with Gasteiger partial charge < -0.3 is 9.47 Å². The smallest absolute Gasteiger partial charge is 0.242 e. The molecule has 3 rings (SSSR count). The summed E-state index contributed by atoms with van der Waals surface area (Å²) in [5.74, 6) is -0.0973. The van der Waals surface area contributed by atoms with Gasteiger partial charge in [0, 0.05) is 35.2 Å². The van der Waals surface area contributed by atoms with Crippen molar-refractivity contribution in [3.8, 4) is 0 Å². The fraction of sp³-hybridized carbons (Fsp3) is 0.400. The molecule has 3 aromatic rings. The first-order valence-electron chi connectivity index (χ1n) is 11.2. The Morgan fingerprint density at radius 1 is 0.969 bits per heavy atom. The minimum atomic E-state index is -3.61. The highest BCUT2D eigenvalue weighted by molar-refractivity contribution is 7.90. The molecule has 0 spiro atoms. The van der Waals surface area contributed by atoms with Crippen molar-refractivity contribution in [1.82, 2.24) is 9.47 Å². The Morgan fingerprint density at radius 3 is 2.22 bits per heavy atom. The lowest BCUT2D eigenvalue weighted by Crippen LogP contribution is -2.35. The van der Waals surface area contributed by atoms with E-state index in [-0.39, 0.29) is 23.1 Å². The molecule has 1 heterocycles. The fourth-order valence-electron chi connectivity index (χ4n) is 3.77. The van der Waals surface area contributed by atoms with Crippen LogP contribution in [0.15, 0.2) is 59.6 Å². The molecule has 0 saturated heterocycles. The first kappa shape index (κ1) is 24.3. The van der Waals surface area contributed by atoms with Crippen LogP contribution >= 0.6 is 11.6 Å². The lowest BCUT2D eigenvalue weighted by Gasteiger charge is -2.23. The molecule has 172 valence electrons. The zero-order valence-electron chi connectivity index (χ0n) is 18.8. The quantitative estimate of drug-likeness (QED) is 0.358. The number of amides is 1. The van der Waals surface area contributed by atoms with E-state index in [9.17, 15) is 13.2 Å². The largest absolute Gasteiger partial charge is 0.341 e. The number of benzene rings is 2. The highest BCUT2D eigenvalue weighted by Crippen LogP contribution is 2.28. The van der Waals surface area contributed by atoms with E-state index in [1.807, 2.05) is 23.1 Å². The zero-order chi connectivity index (χ0) is 23.1. The van der Waals surface area contributed by atoms with Crippen LogP contribution in [-0.2, 0) is 26.9 Å². The second-order valence-corrected chi connectivity index (χ2v) is 10.5. The van der Waals surface area contributed by atoms with E-state index in [4.69, 9.17) is 11.6 Å². The van der Waals surface area contributed by atoms with Crippen molar-refractivity contribution in [2.45, 2.75) is 56.7 Å². The van der Waals surface area contributed by atoms with E-state index in [0.717, 1.165) is 44.3 Å². The molecule has 2 aromatic carbocycles. The van der Waals surface area contributed by atoms with Gasteiger partial charge in [0.2, 0.25) is 5.91 Å². The molecule has 0 aliphatic heterocycles. The third-order valence-electron chi connectivity index (χ3n) is 5.58. The van der Waals surface area contributed by atoms with Crippen LogP contribution in [0.3, 0.4) is 0 Å². The molecule has 0 saturated carbocycles. The van der Waals surface area contributed by atoms with Crippen molar-refractivity contribution in [2.75, 3.05) is 13.1 Å². The number of halogens is 1. The summed E-state index contributed by atoms with van der Waals surface area (Å²) in [4.78, 5) is 15.3. The Morgan fingerprint density at radius 2 is 1.59 bits per heavy atom. The molecule has 0 N–H and O–H groups in total. The monoisotopic (exact) mass is 474 g/mol. The molecule has 0 radical (unpaired) electrons. The number of nitrogens with zero attached hydrogens (tertiary/aromatic N) is 2. The Balaban J connectivity index is 1.91. The number of fused-ring (bicyclic) bond motifs is 1. The van der Waals surface area contributed by atoms with E-state index < -0.39 is 9.84 Å². The summed E-state index contributed by atoms with van der Waals surface area (Å²) in [5.41, 5.74) is 1.43. The van der Waals surface area contributed by atoms with Gasteiger partial charge in [0.15, 0.2) is 9.84 Å². The van der Waals surface area contributed by atoms with Crippen LogP contribution in [0.1, 0.15) is 45.1 Å². The van der Waals surface area contributed by atoms with Gasteiger partial charge in [0.05, 0.1) is 10.6 Å². The highest BCUT2D eigenvalue weighted by atomic mass is 35.5. The van der Waals surface area contributed by atoms with E-state index in [1.54, 1.807) is 41.1 Å². The zero-order valence-corrected chi connectivity index (χ0v) is 20.3. The maximum atomic E-state index is 13.3. The first-order chi connectivity index (χ1) is 15.4. The number of unbranched alkanes of at least 4 members (excludes halogenated alkanes) is 2. The summed E-state index contributed by atoms with van der Waals surface area (Å²) in [6, 6.07) is 14.2. The summed E-state index contributed by atoms with van der Waals surface area (Å²) in [6.07, 6.45) is 5.59. The molecule has 1 aromatic heterocycles. The highest BCUT2D eigenvalue weighted by Gasteiger charge is 2.23. The molecule has 0 aliphatic carbocycles. The molecule has 0 aliphatic rings. The van der Waals surface area contributed by atoms with Crippen LogP contribution in [0, 0.1) is 0 Å². The Labute approximate surface area is 195 Å². The number of para-hydroxylation sites is 1. The Hall–Kier alpha value is -2.31. The fourth-order valence-corrected chi connectivity index (χ4v) is 5.48. The Kier molecular flexibility index (Phi) is 8.38. The van der Waals surface area contributed by atoms with Crippen molar-refractivity contribution >= 4 is 38.2 Å². The van der Waals surface area contributed by atoms with Gasteiger partial charge in [-0.1, -0.05) is 68.6 Å². The average Bonchev–Trinajstić information content (AvgIpc) is 3.15. The van der Waals surface area contributed by atoms with E-state index in [0.29, 0.717) is 16.0 Å². The minimum absolute atomic E-state index is 0.0225. The van der Waals surface area contributed by atoms with Gasteiger partial charge in [-0.2, -0.15) is 0 Å². The number of hydrogen-bond donors (Lipinski definition) is 0. The summed E-state index contributed by atoms with van der Waals surface area (Å²) < 4.78 is 28.3. The number of hydrogen-bond acceptors (Lipinski definition) is 3. The van der Waals surface area contributed by atoms with Crippen LogP contribution in [-0.4, -0.2) is 36.9 Å². The van der Waals surface area contributed by atoms with Crippen molar-refractivity contribution in [1.29, 1.82) is 0 Å². The van der Waals surface area contributed by atoms with Gasteiger partial charge in [-0.3, -0.25) is 4.79 Å². The van der Waals surface area contributed by atoms with Gasteiger partial charge in [-0.25, -0.2) is 8.42 Å². The van der Waals surface area contributed by atoms with E-state index >= 15 is 0 Å². The van der Waals surface area contributed by atoms with Crippen molar-refractivity contribution in [3.05, 3.63) is 65.3 Å². The second-order valence-electron chi connectivity index (χ2n) is 8.11. The molecule has 0 bridgehead atoms. The van der Waals surface area contributed by atoms with Crippen LogP contribution in [0.25, 0.3) is 10.9 Å². The molecule has 0 atom stereocenters. The lowest BCUT2D eigenvalue weighted by molar-refractivity contribution is -0.131. The van der Waals surface area contributed by atoms with E-state index in [2.05, 4.69) is 13.8 Å². The van der Waals surface area contributed by atoms with Gasteiger partial charge >= 0.3 is 0 Å². The number of aromatic nitrogens is 1. The van der Waals surface area contributed by atoms with E-state index in [1.165, 1.54) is 0 Å². The normalized spacial score (nSPS) is 11.7. The molecule has 7 heteroatoms. The molecular weight excluding hydrogens is 444 g/mol. The first-order valence-corrected chi connectivity index (χ1v) is 13.2.